The Hall–Kier alpha value is -0.780. The predicted octanol–water partition coefficient (Wildman–Crippen LogP) is 2.10. The molecule has 2 atom stereocenters. The van der Waals surface area contributed by atoms with Crippen LogP contribution in [0.25, 0.3) is 0 Å². The third-order valence-corrected chi connectivity index (χ3v) is 6.31. The largest absolute Gasteiger partial charge is 0.317 e. The lowest BCUT2D eigenvalue weighted by atomic mass is 9.74. The molecule has 1 aliphatic carbocycles. The molecule has 0 amide bonds. The normalized spacial score (nSPS) is 25.8. The van der Waals surface area contributed by atoms with E-state index >= 15 is 0 Å². The van der Waals surface area contributed by atoms with Crippen molar-refractivity contribution in [2.75, 3.05) is 13.1 Å². The van der Waals surface area contributed by atoms with E-state index in [0.29, 0.717) is 0 Å². The van der Waals surface area contributed by atoms with Crippen LogP contribution in [-0.2, 0) is 17.4 Å². The number of piperidine rings is 1. The van der Waals surface area contributed by atoms with Gasteiger partial charge in [-0.3, -0.25) is 4.98 Å². The lowest BCUT2D eigenvalue weighted by molar-refractivity contribution is 0.164. The number of pyridine rings is 1. The molecule has 2 aliphatic rings. The number of fused-ring (bicyclic) bond motifs is 1. The summed E-state index contributed by atoms with van der Waals surface area (Å²) in [5, 5.41) is 3.44. The monoisotopic (exact) mass is 307 g/mol. The van der Waals surface area contributed by atoms with Crippen LogP contribution in [0.2, 0.25) is 0 Å². The van der Waals surface area contributed by atoms with Crippen molar-refractivity contribution in [2.24, 2.45) is 5.41 Å². The SMILES string of the molecule is CC(C)(C)[S@](=O)N[C@H]1c2cccnc2CC12CCNCC2. The van der Waals surface area contributed by atoms with Gasteiger partial charge < -0.3 is 5.32 Å². The summed E-state index contributed by atoms with van der Waals surface area (Å²) in [7, 11) is -1.06. The third-order valence-electron chi connectivity index (χ3n) is 4.75. The highest BCUT2D eigenvalue weighted by Crippen LogP contribution is 2.50. The van der Waals surface area contributed by atoms with Crippen molar-refractivity contribution in [2.45, 2.75) is 50.8 Å². The Bertz CT molecular complexity index is 547. The maximum Gasteiger partial charge on any atom is 0.0976 e. The van der Waals surface area contributed by atoms with E-state index < -0.39 is 11.0 Å². The van der Waals surface area contributed by atoms with Gasteiger partial charge in [0, 0.05) is 11.9 Å². The minimum Gasteiger partial charge on any atom is -0.317 e. The topological polar surface area (TPSA) is 54.0 Å². The van der Waals surface area contributed by atoms with Crippen LogP contribution in [0.5, 0.6) is 0 Å². The summed E-state index contributed by atoms with van der Waals surface area (Å²) in [6.45, 7) is 8.13. The smallest absolute Gasteiger partial charge is 0.0976 e. The fourth-order valence-electron chi connectivity index (χ4n) is 3.49. The van der Waals surface area contributed by atoms with Gasteiger partial charge in [-0.05, 0) is 70.2 Å². The van der Waals surface area contributed by atoms with Gasteiger partial charge in [0.15, 0.2) is 0 Å². The average Bonchev–Trinajstić information content (AvgIpc) is 2.72. The molecular weight excluding hydrogens is 282 g/mol. The molecule has 0 radical (unpaired) electrons. The molecule has 1 aromatic rings. The number of nitrogens with one attached hydrogen (secondary N) is 2. The van der Waals surface area contributed by atoms with E-state index in [1.807, 2.05) is 33.0 Å². The first-order chi connectivity index (χ1) is 9.92. The first kappa shape index (κ1) is 15.1. The van der Waals surface area contributed by atoms with E-state index in [2.05, 4.69) is 21.1 Å². The highest BCUT2D eigenvalue weighted by molar-refractivity contribution is 7.84. The fraction of sp³-hybridized carbons (Fsp3) is 0.688. The number of aromatic nitrogens is 1. The van der Waals surface area contributed by atoms with Gasteiger partial charge in [0.05, 0.1) is 21.8 Å². The van der Waals surface area contributed by atoms with Crippen molar-refractivity contribution >= 4 is 11.0 Å². The highest BCUT2D eigenvalue weighted by Gasteiger charge is 2.48. The van der Waals surface area contributed by atoms with Crippen molar-refractivity contribution in [1.82, 2.24) is 15.0 Å². The second-order valence-corrected chi connectivity index (χ2v) is 9.26. The number of nitrogens with zero attached hydrogens (tertiary/aromatic N) is 1. The molecule has 0 bridgehead atoms. The molecule has 1 spiro atoms. The molecule has 0 saturated carbocycles. The molecule has 2 heterocycles. The summed E-state index contributed by atoms with van der Waals surface area (Å²) < 4.78 is 15.8. The minimum atomic E-state index is -1.06. The predicted molar refractivity (Wildman–Crippen MR) is 86.2 cm³/mol. The summed E-state index contributed by atoms with van der Waals surface area (Å²) in [5.74, 6) is 0. The molecule has 1 aliphatic heterocycles. The Morgan fingerprint density at radius 1 is 1.38 bits per heavy atom. The fourth-order valence-corrected chi connectivity index (χ4v) is 4.43. The molecule has 1 fully saturated rings. The van der Waals surface area contributed by atoms with E-state index in [1.165, 1.54) is 11.3 Å². The Morgan fingerprint density at radius 3 is 2.76 bits per heavy atom. The lowest BCUT2D eigenvalue weighted by Crippen LogP contribution is -2.46. The average molecular weight is 307 g/mol. The molecule has 0 aromatic carbocycles. The molecule has 116 valence electrons. The van der Waals surface area contributed by atoms with Crippen molar-refractivity contribution in [3.63, 3.8) is 0 Å². The van der Waals surface area contributed by atoms with Gasteiger partial charge in [-0.1, -0.05) is 6.07 Å². The molecule has 5 heteroatoms. The summed E-state index contributed by atoms with van der Waals surface area (Å²) in [5.41, 5.74) is 2.60. The summed E-state index contributed by atoms with van der Waals surface area (Å²) in [6.07, 6.45) is 5.10. The van der Waals surface area contributed by atoms with E-state index in [9.17, 15) is 4.21 Å². The van der Waals surface area contributed by atoms with Gasteiger partial charge in [-0.15, -0.1) is 0 Å². The Balaban J connectivity index is 1.94. The van der Waals surface area contributed by atoms with Gasteiger partial charge in [0.25, 0.3) is 0 Å². The Labute approximate surface area is 129 Å². The Kier molecular flexibility index (Phi) is 3.93. The summed E-state index contributed by atoms with van der Waals surface area (Å²) in [4.78, 5) is 4.57. The number of rotatable bonds is 2. The molecule has 2 N–H and O–H groups in total. The molecule has 1 aromatic heterocycles. The van der Waals surface area contributed by atoms with Crippen LogP contribution >= 0.6 is 0 Å². The van der Waals surface area contributed by atoms with Crippen molar-refractivity contribution in [3.8, 4) is 0 Å². The first-order valence-corrected chi connectivity index (χ1v) is 8.90. The van der Waals surface area contributed by atoms with Gasteiger partial charge in [0.1, 0.15) is 0 Å². The molecule has 21 heavy (non-hydrogen) atoms. The zero-order chi connectivity index (χ0) is 15.1. The van der Waals surface area contributed by atoms with Crippen molar-refractivity contribution in [1.29, 1.82) is 0 Å². The quantitative estimate of drug-likeness (QED) is 0.880. The number of hydrogen-bond acceptors (Lipinski definition) is 3. The van der Waals surface area contributed by atoms with E-state index in [-0.39, 0.29) is 16.2 Å². The number of hydrogen-bond donors (Lipinski definition) is 2. The Morgan fingerprint density at radius 2 is 2.10 bits per heavy atom. The second-order valence-electron chi connectivity index (χ2n) is 7.26. The standard InChI is InChI=1S/C16H25N3OS/c1-15(2,3)21(20)19-14-12-5-4-8-18-13(12)11-16(14)6-9-17-10-7-16/h4-5,8,14,17,19H,6-7,9-11H2,1-3H3/t14-,21-/m0/s1. The summed E-state index contributed by atoms with van der Waals surface area (Å²) in [6, 6.07) is 4.30. The molecule has 0 unspecified atom stereocenters. The first-order valence-electron chi connectivity index (χ1n) is 7.75. The molecule has 3 rings (SSSR count). The van der Waals surface area contributed by atoms with Crippen LogP contribution in [0.4, 0.5) is 0 Å². The van der Waals surface area contributed by atoms with Gasteiger partial charge in [0.2, 0.25) is 0 Å². The maximum absolute atomic E-state index is 12.6. The van der Waals surface area contributed by atoms with E-state index in [0.717, 1.165) is 32.4 Å². The summed E-state index contributed by atoms with van der Waals surface area (Å²) >= 11 is 0. The second kappa shape index (κ2) is 5.45. The molecular formula is C16H25N3OS. The van der Waals surface area contributed by atoms with Gasteiger partial charge in [-0.25, -0.2) is 8.93 Å². The van der Waals surface area contributed by atoms with Gasteiger partial charge in [-0.2, -0.15) is 0 Å². The zero-order valence-corrected chi connectivity index (χ0v) is 13.9. The van der Waals surface area contributed by atoms with Crippen LogP contribution in [0.15, 0.2) is 18.3 Å². The molecule has 1 saturated heterocycles. The molecule has 4 nitrogen and oxygen atoms in total. The van der Waals surface area contributed by atoms with E-state index in [1.54, 1.807) is 0 Å². The zero-order valence-electron chi connectivity index (χ0n) is 13.1. The van der Waals surface area contributed by atoms with Crippen LogP contribution in [0.1, 0.15) is 50.9 Å². The maximum atomic E-state index is 12.6. The van der Waals surface area contributed by atoms with Crippen LogP contribution in [0.3, 0.4) is 0 Å². The van der Waals surface area contributed by atoms with Crippen LogP contribution in [-0.4, -0.2) is 27.0 Å². The minimum absolute atomic E-state index is 0.156. The lowest BCUT2D eigenvalue weighted by Gasteiger charge is -2.40. The van der Waals surface area contributed by atoms with E-state index in [4.69, 9.17) is 0 Å². The third kappa shape index (κ3) is 2.79. The van der Waals surface area contributed by atoms with Crippen molar-refractivity contribution < 1.29 is 4.21 Å². The van der Waals surface area contributed by atoms with Crippen molar-refractivity contribution in [3.05, 3.63) is 29.6 Å². The van der Waals surface area contributed by atoms with Crippen LogP contribution < -0.4 is 10.0 Å². The van der Waals surface area contributed by atoms with Crippen LogP contribution in [0, 0.1) is 5.41 Å². The highest BCUT2D eigenvalue weighted by atomic mass is 32.2. The van der Waals surface area contributed by atoms with Gasteiger partial charge >= 0.3 is 0 Å².